The van der Waals surface area contributed by atoms with Gasteiger partial charge >= 0.3 is 5.69 Å². The van der Waals surface area contributed by atoms with E-state index in [2.05, 4.69) is 10.3 Å². The van der Waals surface area contributed by atoms with Crippen LogP contribution >= 0.6 is 0 Å². The molecule has 1 fully saturated rings. The van der Waals surface area contributed by atoms with Gasteiger partial charge in [0.1, 0.15) is 6.54 Å². The highest BCUT2D eigenvalue weighted by Crippen LogP contribution is 2.07. The summed E-state index contributed by atoms with van der Waals surface area (Å²) in [4.78, 5) is 41.0. The number of H-pyrrole nitrogens is 1. The Hall–Kier alpha value is -2.41. The van der Waals surface area contributed by atoms with Crippen LogP contribution in [0, 0.1) is 0 Å². The molecule has 0 saturated carbocycles. The molecule has 1 saturated heterocycles. The fourth-order valence-corrected chi connectivity index (χ4v) is 2.76. The normalized spacial score (nSPS) is 17.8. The average molecular weight is 302 g/mol. The molecule has 0 aliphatic carbocycles. The number of carbonyl (C=O) groups is 1. The van der Waals surface area contributed by atoms with Crippen LogP contribution in [-0.4, -0.2) is 46.5 Å². The molecule has 3 rings (SSSR count). The SMILES string of the molecule is CN(C(=O)Cn1c(=O)[nH]c2ccccc2c1=O)[C@H]1CCNC1. The molecule has 1 aliphatic rings. The van der Waals surface area contributed by atoms with E-state index in [0.717, 1.165) is 24.1 Å². The minimum absolute atomic E-state index is 0.114. The number of fused-ring (bicyclic) bond motifs is 1. The Labute approximate surface area is 126 Å². The maximum Gasteiger partial charge on any atom is 0.329 e. The highest BCUT2D eigenvalue weighted by Gasteiger charge is 2.24. The smallest absolute Gasteiger partial charge is 0.329 e. The Morgan fingerprint density at radius 3 is 2.86 bits per heavy atom. The number of hydrogen-bond acceptors (Lipinski definition) is 4. The lowest BCUT2D eigenvalue weighted by Gasteiger charge is -2.23. The van der Waals surface area contributed by atoms with E-state index in [-0.39, 0.29) is 18.5 Å². The van der Waals surface area contributed by atoms with Crippen molar-refractivity contribution in [2.24, 2.45) is 0 Å². The average Bonchev–Trinajstić information content (AvgIpc) is 3.04. The summed E-state index contributed by atoms with van der Waals surface area (Å²) in [5.41, 5.74) is -0.518. The Bertz CT molecular complexity index is 817. The molecule has 1 aliphatic heterocycles. The van der Waals surface area contributed by atoms with E-state index in [0.29, 0.717) is 10.9 Å². The Kier molecular flexibility index (Phi) is 3.81. The van der Waals surface area contributed by atoms with Gasteiger partial charge in [-0.15, -0.1) is 0 Å². The Morgan fingerprint density at radius 1 is 1.36 bits per heavy atom. The first-order valence-corrected chi connectivity index (χ1v) is 7.26. The molecule has 1 atom stereocenters. The van der Waals surface area contributed by atoms with Gasteiger partial charge in [-0.25, -0.2) is 4.79 Å². The number of aromatic amines is 1. The lowest BCUT2D eigenvalue weighted by molar-refractivity contribution is -0.132. The second-order valence-corrected chi connectivity index (χ2v) is 5.52. The van der Waals surface area contributed by atoms with Crippen LogP contribution in [0.3, 0.4) is 0 Å². The predicted octanol–water partition coefficient (Wildman–Crippen LogP) is -0.490. The second kappa shape index (κ2) is 5.76. The molecule has 0 radical (unpaired) electrons. The number of para-hydroxylation sites is 1. The van der Waals surface area contributed by atoms with Gasteiger partial charge in [-0.2, -0.15) is 0 Å². The van der Waals surface area contributed by atoms with Gasteiger partial charge in [0.2, 0.25) is 5.91 Å². The van der Waals surface area contributed by atoms with E-state index >= 15 is 0 Å². The highest BCUT2D eigenvalue weighted by atomic mass is 16.2. The summed E-state index contributed by atoms with van der Waals surface area (Å²) >= 11 is 0. The number of amides is 1. The van der Waals surface area contributed by atoms with Crippen molar-refractivity contribution in [3.63, 3.8) is 0 Å². The zero-order valence-electron chi connectivity index (χ0n) is 12.3. The van der Waals surface area contributed by atoms with Crippen molar-refractivity contribution in [3.8, 4) is 0 Å². The number of benzene rings is 1. The lowest BCUT2D eigenvalue weighted by Crippen LogP contribution is -2.44. The number of likely N-dealkylation sites (N-methyl/N-ethyl adjacent to an activating group) is 1. The van der Waals surface area contributed by atoms with Crippen LogP contribution in [0.1, 0.15) is 6.42 Å². The largest absolute Gasteiger partial charge is 0.340 e. The zero-order chi connectivity index (χ0) is 15.7. The van der Waals surface area contributed by atoms with E-state index < -0.39 is 11.2 Å². The molecule has 2 heterocycles. The monoisotopic (exact) mass is 302 g/mol. The molecule has 22 heavy (non-hydrogen) atoms. The van der Waals surface area contributed by atoms with E-state index in [9.17, 15) is 14.4 Å². The number of rotatable bonds is 3. The summed E-state index contributed by atoms with van der Waals surface area (Å²) in [6.07, 6.45) is 0.880. The van der Waals surface area contributed by atoms with Gasteiger partial charge < -0.3 is 15.2 Å². The summed E-state index contributed by atoms with van der Waals surface area (Å²) in [5.74, 6) is -0.239. The Morgan fingerprint density at radius 2 is 2.14 bits per heavy atom. The van der Waals surface area contributed by atoms with Crippen molar-refractivity contribution in [1.82, 2.24) is 19.8 Å². The summed E-state index contributed by atoms with van der Waals surface area (Å²) in [6, 6.07) is 6.89. The summed E-state index contributed by atoms with van der Waals surface area (Å²) in [7, 11) is 1.71. The molecule has 1 amide bonds. The van der Waals surface area contributed by atoms with Crippen molar-refractivity contribution in [2.75, 3.05) is 20.1 Å². The standard InChI is InChI=1S/C15H18N4O3/c1-18(10-6-7-16-8-10)13(20)9-19-14(21)11-4-2-3-5-12(11)17-15(19)22/h2-5,10,16H,6-9H2,1H3,(H,17,22)/t10-/m0/s1. The molecule has 0 spiro atoms. The number of nitrogens with one attached hydrogen (secondary N) is 2. The van der Waals surface area contributed by atoms with Crippen LogP contribution in [0.4, 0.5) is 0 Å². The van der Waals surface area contributed by atoms with Gasteiger partial charge in [0.25, 0.3) is 5.56 Å². The van der Waals surface area contributed by atoms with E-state index in [4.69, 9.17) is 0 Å². The van der Waals surface area contributed by atoms with Gasteiger partial charge in [-0.3, -0.25) is 14.2 Å². The van der Waals surface area contributed by atoms with Crippen molar-refractivity contribution >= 4 is 16.8 Å². The van der Waals surface area contributed by atoms with Crippen LogP contribution in [0.25, 0.3) is 10.9 Å². The molecular formula is C15H18N4O3. The molecule has 116 valence electrons. The van der Waals surface area contributed by atoms with E-state index in [1.165, 1.54) is 0 Å². The van der Waals surface area contributed by atoms with Gasteiger partial charge in [0.15, 0.2) is 0 Å². The molecule has 2 N–H and O–H groups in total. The van der Waals surface area contributed by atoms with Gasteiger partial charge in [0, 0.05) is 19.6 Å². The summed E-state index contributed by atoms with van der Waals surface area (Å²) in [5, 5.41) is 3.59. The number of nitrogens with zero attached hydrogens (tertiary/aromatic N) is 2. The van der Waals surface area contributed by atoms with Crippen molar-refractivity contribution in [2.45, 2.75) is 19.0 Å². The molecule has 7 heteroatoms. The highest BCUT2D eigenvalue weighted by molar-refractivity contribution is 5.79. The lowest BCUT2D eigenvalue weighted by atomic mass is 10.2. The van der Waals surface area contributed by atoms with Crippen LogP contribution in [0.5, 0.6) is 0 Å². The predicted molar refractivity (Wildman–Crippen MR) is 82.9 cm³/mol. The quantitative estimate of drug-likeness (QED) is 0.801. The van der Waals surface area contributed by atoms with Crippen LogP contribution in [0.15, 0.2) is 33.9 Å². The fourth-order valence-electron chi connectivity index (χ4n) is 2.76. The van der Waals surface area contributed by atoms with Gasteiger partial charge in [-0.1, -0.05) is 12.1 Å². The minimum atomic E-state index is -0.560. The minimum Gasteiger partial charge on any atom is -0.340 e. The second-order valence-electron chi connectivity index (χ2n) is 5.52. The zero-order valence-corrected chi connectivity index (χ0v) is 12.3. The summed E-state index contributed by atoms with van der Waals surface area (Å²) in [6.45, 7) is 1.37. The van der Waals surface area contributed by atoms with E-state index in [1.54, 1.807) is 36.2 Å². The molecule has 1 aromatic heterocycles. The molecular weight excluding hydrogens is 284 g/mol. The maximum absolute atomic E-state index is 12.4. The number of hydrogen-bond donors (Lipinski definition) is 2. The molecule has 7 nitrogen and oxygen atoms in total. The van der Waals surface area contributed by atoms with Crippen LogP contribution in [0.2, 0.25) is 0 Å². The van der Waals surface area contributed by atoms with Crippen LogP contribution in [-0.2, 0) is 11.3 Å². The van der Waals surface area contributed by atoms with Crippen molar-refractivity contribution < 1.29 is 4.79 Å². The Balaban J connectivity index is 1.92. The molecule has 0 unspecified atom stereocenters. The van der Waals surface area contributed by atoms with E-state index in [1.807, 2.05) is 0 Å². The fraction of sp³-hybridized carbons (Fsp3) is 0.400. The molecule has 2 aromatic rings. The molecule has 0 bridgehead atoms. The van der Waals surface area contributed by atoms with Gasteiger partial charge in [0.05, 0.1) is 10.9 Å². The van der Waals surface area contributed by atoms with Crippen molar-refractivity contribution in [3.05, 3.63) is 45.1 Å². The van der Waals surface area contributed by atoms with Gasteiger partial charge in [-0.05, 0) is 25.1 Å². The third-order valence-corrected chi connectivity index (χ3v) is 4.16. The maximum atomic E-state index is 12.4. The van der Waals surface area contributed by atoms with Crippen molar-refractivity contribution in [1.29, 1.82) is 0 Å². The first-order chi connectivity index (χ1) is 10.6. The topological polar surface area (TPSA) is 87.2 Å². The number of carbonyl (C=O) groups excluding carboxylic acids is 1. The first kappa shape index (κ1) is 14.5. The molecule has 1 aromatic carbocycles. The first-order valence-electron chi connectivity index (χ1n) is 7.26. The third kappa shape index (κ3) is 2.55. The third-order valence-electron chi connectivity index (χ3n) is 4.16. The number of aromatic nitrogens is 2. The van der Waals surface area contributed by atoms with Crippen LogP contribution < -0.4 is 16.6 Å². The summed E-state index contributed by atoms with van der Waals surface area (Å²) < 4.78 is 0.962.